The third kappa shape index (κ3) is 3.86. The number of hydrogen-bond acceptors (Lipinski definition) is 2. The van der Waals surface area contributed by atoms with E-state index < -0.39 is 0 Å². The molecule has 1 aromatic rings. The molecule has 17 heavy (non-hydrogen) atoms. The van der Waals surface area contributed by atoms with Crippen LogP contribution in [0, 0.1) is 6.92 Å². The first-order chi connectivity index (χ1) is 8.24. The number of rotatable bonds is 4. The largest absolute Gasteiger partial charge is 0.326 e. The first-order valence-corrected chi connectivity index (χ1v) is 6.34. The van der Waals surface area contributed by atoms with Crippen LogP contribution in [0.2, 0.25) is 0 Å². The Morgan fingerprint density at radius 2 is 2.41 bits per heavy atom. The summed E-state index contributed by atoms with van der Waals surface area (Å²) in [5, 5.41) is 6.34. The minimum atomic E-state index is 0.115. The molecule has 1 fully saturated rings. The fourth-order valence-corrected chi connectivity index (χ4v) is 2.25. The summed E-state index contributed by atoms with van der Waals surface area (Å²) in [6, 6.07) is 8.45. The van der Waals surface area contributed by atoms with E-state index in [0.29, 0.717) is 12.5 Å². The Labute approximate surface area is 103 Å². The number of benzene rings is 1. The Hall–Kier alpha value is -1.35. The molecule has 0 radical (unpaired) electrons. The van der Waals surface area contributed by atoms with Crippen molar-refractivity contribution in [3.8, 4) is 0 Å². The van der Waals surface area contributed by atoms with Crippen molar-refractivity contribution < 1.29 is 4.79 Å². The van der Waals surface area contributed by atoms with E-state index in [4.69, 9.17) is 0 Å². The predicted octanol–water partition coefficient (Wildman–Crippen LogP) is 2.47. The van der Waals surface area contributed by atoms with Crippen LogP contribution in [0.15, 0.2) is 24.3 Å². The summed E-state index contributed by atoms with van der Waals surface area (Å²) in [7, 11) is 0. The topological polar surface area (TPSA) is 41.1 Å². The number of anilines is 1. The lowest BCUT2D eigenvalue weighted by Gasteiger charge is -2.10. The van der Waals surface area contributed by atoms with Gasteiger partial charge in [-0.05, 0) is 50.4 Å². The van der Waals surface area contributed by atoms with Gasteiger partial charge in [-0.25, -0.2) is 0 Å². The number of carbonyl (C=O) groups is 1. The van der Waals surface area contributed by atoms with Crippen LogP contribution in [-0.2, 0) is 4.79 Å². The van der Waals surface area contributed by atoms with Gasteiger partial charge in [-0.2, -0.15) is 0 Å². The highest BCUT2D eigenvalue weighted by Crippen LogP contribution is 2.13. The summed E-state index contributed by atoms with van der Waals surface area (Å²) in [5.74, 6) is 0.115. The average molecular weight is 232 g/mol. The third-order valence-corrected chi connectivity index (χ3v) is 3.18. The summed E-state index contributed by atoms with van der Waals surface area (Å²) < 4.78 is 0. The van der Waals surface area contributed by atoms with Crippen molar-refractivity contribution >= 4 is 11.6 Å². The monoisotopic (exact) mass is 232 g/mol. The molecule has 0 saturated carbocycles. The standard InChI is InChI=1S/C14H20N2O/c1-11-4-2-5-13(10-11)16-14(17)8-7-12-6-3-9-15-12/h2,4-5,10,12,15H,3,6-9H2,1H3,(H,16,17). The summed E-state index contributed by atoms with van der Waals surface area (Å²) in [6.45, 7) is 3.13. The van der Waals surface area contributed by atoms with Crippen LogP contribution in [0.5, 0.6) is 0 Å². The van der Waals surface area contributed by atoms with Crippen LogP contribution in [0.4, 0.5) is 5.69 Å². The molecule has 1 aromatic carbocycles. The van der Waals surface area contributed by atoms with E-state index in [0.717, 1.165) is 18.7 Å². The van der Waals surface area contributed by atoms with Gasteiger partial charge in [0.15, 0.2) is 0 Å². The Morgan fingerprint density at radius 3 is 3.12 bits per heavy atom. The van der Waals surface area contributed by atoms with Crippen molar-refractivity contribution in [2.75, 3.05) is 11.9 Å². The Morgan fingerprint density at radius 1 is 1.53 bits per heavy atom. The van der Waals surface area contributed by atoms with E-state index in [1.807, 2.05) is 31.2 Å². The first-order valence-electron chi connectivity index (χ1n) is 6.34. The highest BCUT2D eigenvalue weighted by atomic mass is 16.1. The van der Waals surface area contributed by atoms with E-state index >= 15 is 0 Å². The van der Waals surface area contributed by atoms with Gasteiger partial charge in [0.1, 0.15) is 0 Å². The van der Waals surface area contributed by atoms with Gasteiger partial charge in [-0.15, -0.1) is 0 Å². The van der Waals surface area contributed by atoms with Crippen LogP contribution in [-0.4, -0.2) is 18.5 Å². The summed E-state index contributed by atoms with van der Waals surface area (Å²) >= 11 is 0. The lowest BCUT2D eigenvalue weighted by atomic mass is 10.1. The molecule has 1 aliphatic rings. The number of hydrogen-bond donors (Lipinski definition) is 2. The highest BCUT2D eigenvalue weighted by molar-refractivity contribution is 5.90. The number of nitrogens with one attached hydrogen (secondary N) is 2. The first kappa shape index (κ1) is 12.1. The molecule has 1 unspecified atom stereocenters. The minimum absolute atomic E-state index is 0.115. The van der Waals surface area contributed by atoms with Crippen LogP contribution in [0.1, 0.15) is 31.2 Å². The Bertz CT molecular complexity index is 384. The maximum atomic E-state index is 11.7. The van der Waals surface area contributed by atoms with Gasteiger partial charge in [0.05, 0.1) is 0 Å². The quantitative estimate of drug-likeness (QED) is 0.837. The molecular formula is C14H20N2O. The number of aryl methyl sites for hydroxylation is 1. The van der Waals surface area contributed by atoms with Gasteiger partial charge in [-0.3, -0.25) is 4.79 Å². The molecule has 1 aliphatic heterocycles. The summed E-state index contributed by atoms with van der Waals surface area (Å²) in [4.78, 5) is 11.7. The van der Waals surface area contributed by atoms with Gasteiger partial charge < -0.3 is 10.6 Å². The molecule has 0 aliphatic carbocycles. The predicted molar refractivity (Wildman–Crippen MR) is 70.1 cm³/mol. The van der Waals surface area contributed by atoms with Crippen molar-refractivity contribution in [2.45, 2.75) is 38.6 Å². The zero-order valence-electron chi connectivity index (χ0n) is 10.3. The van der Waals surface area contributed by atoms with Gasteiger partial charge in [-0.1, -0.05) is 12.1 Å². The molecule has 3 heteroatoms. The van der Waals surface area contributed by atoms with Crippen LogP contribution >= 0.6 is 0 Å². The van der Waals surface area contributed by atoms with Crippen LogP contribution in [0.3, 0.4) is 0 Å². The molecular weight excluding hydrogens is 212 g/mol. The van der Waals surface area contributed by atoms with Crippen molar-refractivity contribution in [1.29, 1.82) is 0 Å². The number of amides is 1. The van der Waals surface area contributed by atoms with Crippen molar-refractivity contribution in [1.82, 2.24) is 5.32 Å². The molecule has 0 spiro atoms. The highest BCUT2D eigenvalue weighted by Gasteiger charge is 2.15. The normalized spacial score (nSPS) is 19.2. The lowest BCUT2D eigenvalue weighted by molar-refractivity contribution is -0.116. The SMILES string of the molecule is Cc1cccc(NC(=O)CCC2CCCN2)c1. The average Bonchev–Trinajstić information content (AvgIpc) is 2.79. The Kier molecular flexibility index (Phi) is 4.15. The number of carbonyl (C=O) groups excluding carboxylic acids is 1. The van der Waals surface area contributed by atoms with Crippen molar-refractivity contribution in [3.63, 3.8) is 0 Å². The summed E-state index contributed by atoms with van der Waals surface area (Å²) in [5.41, 5.74) is 2.06. The molecule has 2 N–H and O–H groups in total. The molecule has 3 nitrogen and oxygen atoms in total. The van der Waals surface area contributed by atoms with E-state index in [1.165, 1.54) is 18.4 Å². The van der Waals surface area contributed by atoms with Gasteiger partial charge in [0.25, 0.3) is 0 Å². The molecule has 1 amide bonds. The zero-order chi connectivity index (χ0) is 12.1. The maximum absolute atomic E-state index is 11.7. The molecule has 2 rings (SSSR count). The molecule has 0 aromatic heterocycles. The van der Waals surface area contributed by atoms with Crippen molar-refractivity contribution in [3.05, 3.63) is 29.8 Å². The second-order valence-electron chi connectivity index (χ2n) is 4.75. The van der Waals surface area contributed by atoms with E-state index in [2.05, 4.69) is 10.6 Å². The van der Waals surface area contributed by atoms with Crippen LogP contribution in [0.25, 0.3) is 0 Å². The summed E-state index contributed by atoms with van der Waals surface area (Å²) in [6.07, 6.45) is 3.99. The Balaban J connectivity index is 1.76. The van der Waals surface area contributed by atoms with Gasteiger partial charge in [0.2, 0.25) is 5.91 Å². The van der Waals surface area contributed by atoms with Crippen molar-refractivity contribution in [2.24, 2.45) is 0 Å². The second-order valence-corrected chi connectivity index (χ2v) is 4.75. The lowest BCUT2D eigenvalue weighted by Crippen LogP contribution is -2.23. The fourth-order valence-electron chi connectivity index (χ4n) is 2.25. The second kappa shape index (κ2) is 5.82. The molecule has 0 bridgehead atoms. The van der Waals surface area contributed by atoms with Crippen LogP contribution < -0.4 is 10.6 Å². The van der Waals surface area contributed by atoms with E-state index in [-0.39, 0.29) is 5.91 Å². The molecule has 1 saturated heterocycles. The molecule has 1 heterocycles. The maximum Gasteiger partial charge on any atom is 0.224 e. The molecule has 92 valence electrons. The van der Waals surface area contributed by atoms with Gasteiger partial charge >= 0.3 is 0 Å². The van der Waals surface area contributed by atoms with E-state index in [1.54, 1.807) is 0 Å². The fraction of sp³-hybridized carbons (Fsp3) is 0.500. The molecule has 1 atom stereocenters. The minimum Gasteiger partial charge on any atom is -0.326 e. The van der Waals surface area contributed by atoms with E-state index in [9.17, 15) is 4.79 Å². The van der Waals surface area contributed by atoms with Gasteiger partial charge in [0, 0.05) is 18.2 Å². The zero-order valence-corrected chi connectivity index (χ0v) is 10.3. The third-order valence-electron chi connectivity index (χ3n) is 3.18. The smallest absolute Gasteiger partial charge is 0.224 e.